The quantitative estimate of drug-likeness (QED) is 0.788. The highest BCUT2D eigenvalue weighted by atomic mass is 16.6. The molecule has 6 nitrogen and oxygen atoms in total. The fraction of sp³-hybridized carbons (Fsp3) is 0.588. The Balaban J connectivity index is 1.74. The summed E-state index contributed by atoms with van der Waals surface area (Å²) in [7, 11) is 0. The Morgan fingerprint density at radius 1 is 1.39 bits per heavy atom. The largest absolute Gasteiger partial charge is 0.492 e. The molecule has 0 spiro atoms. The maximum absolute atomic E-state index is 11.8. The third-order valence-electron chi connectivity index (χ3n) is 3.21. The van der Waals surface area contributed by atoms with E-state index in [0.29, 0.717) is 24.1 Å². The summed E-state index contributed by atoms with van der Waals surface area (Å²) in [6.45, 7) is 8.41. The van der Waals surface area contributed by atoms with Crippen LogP contribution in [0.1, 0.15) is 27.2 Å². The monoisotopic (exact) mass is 322 g/mol. The third-order valence-corrected chi connectivity index (χ3v) is 3.21. The summed E-state index contributed by atoms with van der Waals surface area (Å²) < 4.78 is 16.2. The Morgan fingerprint density at radius 2 is 2.22 bits per heavy atom. The number of rotatable bonds is 6. The normalized spacial score (nSPS) is 17.8. The van der Waals surface area contributed by atoms with Crippen LogP contribution in [0.15, 0.2) is 24.3 Å². The van der Waals surface area contributed by atoms with Gasteiger partial charge in [0.1, 0.15) is 18.0 Å². The smallest absolute Gasteiger partial charge is 0.412 e. The Labute approximate surface area is 137 Å². The van der Waals surface area contributed by atoms with Crippen molar-refractivity contribution in [3.63, 3.8) is 0 Å². The van der Waals surface area contributed by atoms with Gasteiger partial charge in [-0.15, -0.1) is 0 Å². The molecule has 1 amide bonds. The Morgan fingerprint density at radius 3 is 2.91 bits per heavy atom. The van der Waals surface area contributed by atoms with Gasteiger partial charge in [-0.25, -0.2) is 4.79 Å². The number of benzene rings is 1. The van der Waals surface area contributed by atoms with Crippen molar-refractivity contribution >= 4 is 11.8 Å². The van der Waals surface area contributed by atoms with Gasteiger partial charge in [0.05, 0.1) is 6.61 Å². The first-order chi connectivity index (χ1) is 10.9. The van der Waals surface area contributed by atoms with Crippen LogP contribution in [-0.4, -0.2) is 44.1 Å². The number of amides is 1. The molecule has 1 atom stereocenters. The molecular weight excluding hydrogens is 296 g/mol. The van der Waals surface area contributed by atoms with E-state index < -0.39 is 11.7 Å². The van der Waals surface area contributed by atoms with Gasteiger partial charge in [-0.2, -0.15) is 0 Å². The molecule has 1 aromatic rings. The van der Waals surface area contributed by atoms with Gasteiger partial charge in [-0.1, -0.05) is 6.07 Å². The molecule has 1 fully saturated rings. The zero-order chi connectivity index (χ0) is 16.7. The molecule has 0 aliphatic carbocycles. The molecule has 0 bridgehead atoms. The highest BCUT2D eigenvalue weighted by molar-refractivity contribution is 5.85. The van der Waals surface area contributed by atoms with Crippen LogP contribution in [0.25, 0.3) is 0 Å². The number of anilines is 1. The van der Waals surface area contributed by atoms with Crippen LogP contribution < -0.4 is 15.4 Å². The van der Waals surface area contributed by atoms with Gasteiger partial charge in [-0.05, 0) is 39.3 Å². The fourth-order valence-corrected chi connectivity index (χ4v) is 2.21. The molecule has 0 aromatic heterocycles. The maximum Gasteiger partial charge on any atom is 0.412 e. The number of hydrogen-bond acceptors (Lipinski definition) is 5. The second kappa shape index (κ2) is 8.17. The van der Waals surface area contributed by atoms with E-state index in [1.54, 1.807) is 12.1 Å². The summed E-state index contributed by atoms with van der Waals surface area (Å²) in [5, 5.41) is 6.09. The lowest BCUT2D eigenvalue weighted by Gasteiger charge is -2.19. The minimum Gasteiger partial charge on any atom is -0.492 e. The second-order valence-corrected chi connectivity index (χ2v) is 6.52. The van der Waals surface area contributed by atoms with Gasteiger partial charge in [-0.3, -0.25) is 5.32 Å². The molecule has 1 saturated heterocycles. The third kappa shape index (κ3) is 6.88. The predicted molar refractivity (Wildman–Crippen MR) is 89.0 cm³/mol. The van der Waals surface area contributed by atoms with Gasteiger partial charge < -0.3 is 19.5 Å². The van der Waals surface area contributed by atoms with Crippen molar-refractivity contribution in [2.24, 2.45) is 0 Å². The summed E-state index contributed by atoms with van der Waals surface area (Å²) in [6.07, 6.45) is 0.576. The highest BCUT2D eigenvalue weighted by Gasteiger charge is 2.16. The Bertz CT molecular complexity index is 508. The lowest BCUT2D eigenvalue weighted by atomic mass is 10.2. The molecule has 1 aliphatic heterocycles. The van der Waals surface area contributed by atoms with Crippen molar-refractivity contribution in [2.45, 2.75) is 38.8 Å². The molecule has 23 heavy (non-hydrogen) atoms. The number of ether oxygens (including phenoxy) is 3. The van der Waals surface area contributed by atoms with Crippen LogP contribution in [-0.2, 0) is 9.47 Å². The van der Waals surface area contributed by atoms with E-state index in [1.165, 1.54) is 0 Å². The average molecular weight is 322 g/mol. The van der Waals surface area contributed by atoms with Gasteiger partial charge in [0, 0.05) is 30.9 Å². The van der Waals surface area contributed by atoms with E-state index in [4.69, 9.17) is 14.2 Å². The summed E-state index contributed by atoms with van der Waals surface area (Å²) in [5.41, 5.74) is 0.127. The molecule has 2 rings (SSSR count). The van der Waals surface area contributed by atoms with E-state index in [-0.39, 0.29) is 0 Å². The van der Waals surface area contributed by atoms with Crippen LogP contribution in [0.4, 0.5) is 10.5 Å². The molecule has 1 aliphatic rings. The molecule has 2 N–H and O–H groups in total. The molecule has 0 saturated carbocycles. The van der Waals surface area contributed by atoms with E-state index in [2.05, 4.69) is 10.6 Å². The summed E-state index contributed by atoms with van der Waals surface area (Å²) in [6, 6.07) is 7.70. The standard InChI is InChI=1S/C17H26N2O4/c1-17(2,3)23-16(20)19-13-5-4-6-15(11-13)22-10-8-18-14-7-9-21-12-14/h4-6,11,14,18H,7-10,12H2,1-3H3,(H,19,20). The lowest BCUT2D eigenvalue weighted by molar-refractivity contribution is 0.0636. The Kier molecular flexibility index (Phi) is 6.24. The van der Waals surface area contributed by atoms with Crippen molar-refractivity contribution in [3.05, 3.63) is 24.3 Å². The Hall–Kier alpha value is -1.79. The highest BCUT2D eigenvalue weighted by Crippen LogP contribution is 2.18. The van der Waals surface area contributed by atoms with E-state index in [9.17, 15) is 4.79 Å². The van der Waals surface area contributed by atoms with Crippen LogP contribution in [0, 0.1) is 0 Å². The number of hydrogen-bond donors (Lipinski definition) is 2. The summed E-state index contributed by atoms with van der Waals surface area (Å²) in [4.78, 5) is 11.8. The summed E-state index contributed by atoms with van der Waals surface area (Å²) >= 11 is 0. The first kappa shape index (κ1) is 17.6. The number of carbonyl (C=O) groups is 1. The molecule has 6 heteroatoms. The minimum atomic E-state index is -0.520. The van der Waals surface area contributed by atoms with Crippen molar-refractivity contribution in [1.82, 2.24) is 5.32 Å². The first-order valence-electron chi connectivity index (χ1n) is 7.96. The predicted octanol–water partition coefficient (Wildman–Crippen LogP) is 2.79. The number of nitrogens with one attached hydrogen (secondary N) is 2. The zero-order valence-electron chi connectivity index (χ0n) is 14.1. The van der Waals surface area contributed by atoms with Gasteiger partial charge >= 0.3 is 6.09 Å². The molecular formula is C17H26N2O4. The maximum atomic E-state index is 11.8. The van der Waals surface area contributed by atoms with Crippen molar-refractivity contribution in [2.75, 3.05) is 31.7 Å². The number of carbonyl (C=O) groups excluding carboxylic acids is 1. The van der Waals surface area contributed by atoms with Crippen molar-refractivity contribution in [3.8, 4) is 5.75 Å². The van der Waals surface area contributed by atoms with Crippen LogP contribution in [0.3, 0.4) is 0 Å². The molecule has 0 radical (unpaired) electrons. The van der Waals surface area contributed by atoms with Crippen molar-refractivity contribution in [1.29, 1.82) is 0 Å². The minimum absolute atomic E-state index is 0.429. The van der Waals surface area contributed by atoms with Gasteiger partial charge in [0.15, 0.2) is 0 Å². The van der Waals surface area contributed by atoms with Crippen LogP contribution >= 0.6 is 0 Å². The average Bonchev–Trinajstić information content (AvgIpc) is 2.95. The SMILES string of the molecule is CC(C)(C)OC(=O)Nc1cccc(OCCNC2CCOC2)c1. The molecule has 128 valence electrons. The summed E-state index contributed by atoms with van der Waals surface area (Å²) in [5.74, 6) is 0.711. The first-order valence-corrected chi connectivity index (χ1v) is 7.96. The fourth-order valence-electron chi connectivity index (χ4n) is 2.21. The van der Waals surface area contributed by atoms with E-state index in [1.807, 2.05) is 32.9 Å². The van der Waals surface area contributed by atoms with E-state index >= 15 is 0 Å². The van der Waals surface area contributed by atoms with Crippen LogP contribution in [0.2, 0.25) is 0 Å². The molecule has 1 heterocycles. The molecule has 1 unspecified atom stereocenters. The van der Waals surface area contributed by atoms with Crippen LogP contribution in [0.5, 0.6) is 5.75 Å². The van der Waals surface area contributed by atoms with Gasteiger partial charge in [0.2, 0.25) is 0 Å². The lowest BCUT2D eigenvalue weighted by Crippen LogP contribution is -2.32. The van der Waals surface area contributed by atoms with E-state index in [0.717, 1.165) is 26.2 Å². The van der Waals surface area contributed by atoms with Crippen molar-refractivity contribution < 1.29 is 19.0 Å². The molecule has 1 aromatic carbocycles. The second-order valence-electron chi connectivity index (χ2n) is 6.52. The topological polar surface area (TPSA) is 68.8 Å². The van der Waals surface area contributed by atoms with Gasteiger partial charge in [0.25, 0.3) is 0 Å². The zero-order valence-corrected chi connectivity index (χ0v) is 14.1.